The minimum absolute atomic E-state index is 0.122. The number of methoxy groups -OCH3 is 1. The first-order valence-electron chi connectivity index (χ1n) is 5.26. The molecule has 0 aliphatic heterocycles. The standard InChI is InChI=1S/C11H16N2O3S/c1-12(8-3-9-16-2)17-11-6-4-10(5-7-11)13(14)15/h4-7H,3,8-9H2,1-2H3. The first kappa shape index (κ1) is 14.0. The highest BCUT2D eigenvalue weighted by atomic mass is 32.2. The molecule has 0 unspecified atom stereocenters. The van der Waals surface area contributed by atoms with E-state index in [1.807, 2.05) is 7.05 Å². The molecule has 1 rings (SSSR count). The van der Waals surface area contributed by atoms with Gasteiger partial charge in [-0.05, 0) is 37.5 Å². The third-order valence-corrected chi connectivity index (χ3v) is 3.11. The molecule has 1 aromatic rings. The van der Waals surface area contributed by atoms with Crippen molar-refractivity contribution >= 4 is 17.6 Å². The van der Waals surface area contributed by atoms with Crippen molar-refractivity contribution in [3.63, 3.8) is 0 Å². The molecule has 94 valence electrons. The fourth-order valence-electron chi connectivity index (χ4n) is 1.29. The Labute approximate surface area is 105 Å². The first-order valence-corrected chi connectivity index (χ1v) is 6.03. The van der Waals surface area contributed by atoms with E-state index in [4.69, 9.17) is 4.74 Å². The quantitative estimate of drug-likeness (QED) is 0.325. The Balaban J connectivity index is 2.43. The van der Waals surface area contributed by atoms with Crippen molar-refractivity contribution in [1.29, 1.82) is 0 Å². The van der Waals surface area contributed by atoms with Crippen molar-refractivity contribution in [2.24, 2.45) is 0 Å². The smallest absolute Gasteiger partial charge is 0.269 e. The second kappa shape index (κ2) is 7.26. The summed E-state index contributed by atoms with van der Waals surface area (Å²) in [7, 11) is 3.67. The number of hydrogen-bond donors (Lipinski definition) is 0. The summed E-state index contributed by atoms with van der Waals surface area (Å²) in [5.74, 6) is 0. The molecular formula is C11H16N2O3S. The number of non-ortho nitro benzene ring substituents is 1. The van der Waals surface area contributed by atoms with Crippen LogP contribution in [0.4, 0.5) is 5.69 Å². The van der Waals surface area contributed by atoms with Gasteiger partial charge in [-0.25, -0.2) is 4.31 Å². The van der Waals surface area contributed by atoms with Crippen molar-refractivity contribution in [2.45, 2.75) is 11.3 Å². The molecule has 6 heteroatoms. The molecule has 0 heterocycles. The summed E-state index contributed by atoms with van der Waals surface area (Å²) >= 11 is 1.57. The third kappa shape index (κ3) is 5.16. The molecule has 0 atom stereocenters. The van der Waals surface area contributed by atoms with Crippen molar-refractivity contribution in [3.05, 3.63) is 34.4 Å². The summed E-state index contributed by atoms with van der Waals surface area (Å²) in [4.78, 5) is 11.1. The molecule has 0 amide bonds. The predicted molar refractivity (Wildman–Crippen MR) is 68.1 cm³/mol. The van der Waals surface area contributed by atoms with Crippen LogP contribution >= 0.6 is 11.9 Å². The van der Waals surface area contributed by atoms with Gasteiger partial charge in [0.15, 0.2) is 0 Å². The van der Waals surface area contributed by atoms with Gasteiger partial charge in [0.1, 0.15) is 0 Å². The topological polar surface area (TPSA) is 55.6 Å². The summed E-state index contributed by atoms with van der Waals surface area (Å²) in [6.45, 7) is 1.65. The lowest BCUT2D eigenvalue weighted by Gasteiger charge is -2.14. The zero-order valence-electron chi connectivity index (χ0n) is 9.96. The Hall–Kier alpha value is -1.11. The molecule has 0 spiro atoms. The maximum Gasteiger partial charge on any atom is 0.269 e. The van der Waals surface area contributed by atoms with Crippen LogP contribution in [0.15, 0.2) is 29.2 Å². The Morgan fingerprint density at radius 3 is 2.59 bits per heavy atom. The third-order valence-electron chi connectivity index (χ3n) is 2.13. The molecule has 0 radical (unpaired) electrons. The van der Waals surface area contributed by atoms with Crippen molar-refractivity contribution < 1.29 is 9.66 Å². The van der Waals surface area contributed by atoms with E-state index in [1.54, 1.807) is 31.2 Å². The monoisotopic (exact) mass is 256 g/mol. The van der Waals surface area contributed by atoms with Crippen molar-refractivity contribution in [3.8, 4) is 0 Å². The van der Waals surface area contributed by atoms with E-state index in [9.17, 15) is 10.1 Å². The fraction of sp³-hybridized carbons (Fsp3) is 0.455. The van der Waals surface area contributed by atoms with Crippen LogP contribution in [0.2, 0.25) is 0 Å². The molecule has 5 nitrogen and oxygen atoms in total. The molecule has 0 aliphatic carbocycles. The maximum absolute atomic E-state index is 10.5. The molecule has 0 aromatic heterocycles. The minimum Gasteiger partial charge on any atom is -0.385 e. The Morgan fingerprint density at radius 1 is 1.41 bits per heavy atom. The summed E-state index contributed by atoms with van der Waals surface area (Å²) in [5, 5.41) is 10.5. The van der Waals surface area contributed by atoms with E-state index in [2.05, 4.69) is 4.31 Å². The Bertz CT molecular complexity index is 356. The number of ether oxygens (including phenoxy) is 1. The van der Waals surface area contributed by atoms with Gasteiger partial charge >= 0.3 is 0 Å². The van der Waals surface area contributed by atoms with Crippen LogP contribution in [-0.4, -0.2) is 36.5 Å². The zero-order valence-corrected chi connectivity index (χ0v) is 10.8. The molecule has 0 fully saturated rings. The first-order chi connectivity index (χ1) is 8.13. The van der Waals surface area contributed by atoms with Crippen LogP contribution in [0.3, 0.4) is 0 Å². The molecule has 17 heavy (non-hydrogen) atoms. The average Bonchev–Trinajstić information content (AvgIpc) is 2.30. The van der Waals surface area contributed by atoms with Crippen molar-refractivity contribution in [1.82, 2.24) is 4.31 Å². The van der Waals surface area contributed by atoms with Gasteiger partial charge in [-0.2, -0.15) is 0 Å². The van der Waals surface area contributed by atoms with Gasteiger partial charge < -0.3 is 4.74 Å². The predicted octanol–water partition coefficient (Wildman–Crippen LogP) is 2.57. The second-order valence-corrected chi connectivity index (χ2v) is 4.82. The van der Waals surface area contributed by atoms with E-state index in [0.717, 1.165) is 24.5 Å². The van der Waals surface area contributed by atoms with Crippen LogP contribution in [0.25, 0.3) is 0 Å². The molecule has 0 N–H and O–H groups in total. The van der Waals surface area contributed by atoms with Gasteiger partial charge in [0.2, 0.25) is 0 Å². The normalized spacial score (nSPS) is 10.8. The van der Waals surface area contributed by atoms with E-state index < -0.39 is 4.92 Å². The molecule has 0 aliphatic rings. The number of hydrogen-bond acceptors (Lipinski definition) is 5. The van der Waals surface area contributed by atoms with E-state index in [-0.39, 0.29) is 5.69 Å². The highest BCUT2D eigenvalue weighted by Crippen LogP contribution is 2.23. The summed E-state index contributed by atoms with van der Waals surface area (Å²) in [5.41, 5.74) is 0.122. The van der Waals surface area contributed by atoms with Crippen LogP contribution in [-0.2, 0) is 4.74 Å². The maximum atomic E-state index is 10.5. The van der Waals surface area contributed by atoms with Gasteiger partial charge in [0.25, 0.3) is 5.69 Å². The van der Waals surface area contributed by atoms with Crippen LogP contribution in [0, 0.1) is 10.1 Å². The van der Waals surface area contributed by atoms with Crippen molar-refractivity contribution in [2.75, 3.05) is 27.3 Å². The number of rotatable bonds is 7. The summed E-state index contributed by atoms with van der Waals surface area (Å²) < 4.78 is 7.06. The van der Waals surface area contributed by atoms with Gasteiger partial charge in [-0.15, -0.1) is 0 Å². The lowest BCUT2D eigenvalue weighted by atomic mass is 10.3. The lowest BCUT2D eigenvalue weighted by molar-refractivity contribution is -0.384. The zero-order chi connectivity index (χ0) is 12.7. The van der Waals surface area contributed by atoms with Gasteiger partial charge in [-0.3, -0.25) is 10.1 Å². The lowest BCUT2D eigenvalue weighted by Crippen LogP contribution is -2.12. The number of nitro groups is 1. The van der Waals surface area contributed by atoms with Crippen LogP contribution < -0.4 is 0 Å². The minimum atomic E-state index is -0.392. The fourth-order valence-corrected chi connectivity index (χ4v) is 2.12. The average molecular weight is 256 g/mol. The number of nitrogens with zero attached hydrogens (tertiary/aromatic N) is 2. The van der Waals surface area contributed by atoms with Gasteiger partial charge in [0.05, 0.1) is 4.92 Å². The Kier molecular flexibility index (Phi) is 5.96. The highest BCUT2D eigenvalue weighted by molar-refractivity contribution is 7.97. The molecule has 1 aromatic carbocycles. The molecule has 0 bridgehead atoms. The summed E-state index contributed by atoms with van der Waals surface area (Å²) in [6.07, 6.45) is 0.965. The SMILES string of the molecule is COCCCN(C)Sc1ccc([N+](=O)[O-])cc1. The highest BCUT2D eigenvalue weighted by Gasteiger charge is 2.06. The largest absolute Gasteiger partial charge is 0.385 e. The van der Waals surface area contributed by atoms with E-state index >= 15 is 0 Å². The molecule has 0 saturated heterocycles. The summed E-state index contributed by atoms with van der Waals surface area (Å²) in [6, 6.07) is 6.56. The van der Waals surface area contributed by atoms with Gasteiger partial charge in [-0.1, -0.05) is 0 Å². The van der Waals surface area contributed by atoms with Crippen LogP contribution in [0.1, 0.15) is 6.42 Å². The number of benzene rings is 1. The van der Waals surface area contributed by atoms with Crippen LogP contribution in [0.5, 0.6) is 0 Å². The molecular weight excluding hydrogens is 240 g/mol. The van der Waals surface area contributed by atoms with Gasteiger partial charge in [0, 0.05) is 37.3 Å². The number of nitro benzene ring substituents is 1. The van der Waals surface area contributed by atoms with E-state index in [0.29, 0.717) is 0 Å². The van der Waals surface area contributed by atoms with E-state index in [1.165, 1.54) is 12.1 Å². The Morgan fingerprint density at radius 2 is 2.06 bits per heavy atom. The second-order valence-electron chi connectivity index (χ2n) is 3.54. The molecule has 0 saturated carbocycles.